The zero-order valence-electron chi connectivity index (χ0n) is 12.7. The largest absolute Gasteiger partial charge is 0.395 e. The van der Waals surface area contributed by atoms with Crippen LogP contribution in [-0.2, 0) is 10.2 Å². The van der Waals surface area contributed by atoms with Crippen LogP contribution in [0.15, 0.2) is 18.2 Å². The van der Waals surface area contributed by atoms with Crippen molar-refractivity contribution in [2.75, 3.05) is 24.4 Å². The summed E-state index contributed by atoms with van der Waals surface area (Å²) in [5.74, 6) is 5.74. The van der Waals surface area contributed by atoms with Gasteiger partial charge in [0.25, 0.3) is 0 Å². The van der Waals surface area contributed by atoms with Crippen molar-refractivity contribution < 1.29 is 13.5 Å². The Bertz CT molecular complexity index is 626. The second kappa shape index (κ2) is 8.03. The molecule has 0 amide bonds. The third-order valence-corrected chi connectivity index (χ3v) is 4.53. The zero-order chi connectivity index (χ0) is 15.9. The Hall–Kier alpha value is -1.55. The maximum Gasteiger partial charge on any atom is 0.301 e. The minimum atomic E-state index is -3.54. The molecule has 0 aromatic heterocycles. The quantitative estimate of drug-likeness (QED) is 0.786. The summed E-state index contributed by atoms with van der Waals surface area (Å²) in [6.07, 6.45) is 0.397. The first kappa shape index (κ1) is 17.5. The lowest BCUT2D eigenvalue weighted by molar-refractivity contribution is 0.305. The Morgan fingerprint density at radius 1 is 1.24 bits per heavy atom. The number of aliphatic hydroxyl groups is 1. The van der Waals surface area contributed by atoms with Crippen molar-refractivity contribution >= 4 is 15.9 Å². The van der Waals surface area contributed by atoms with Gasteiger partial charge in [0.2, 0.25) is 0 Å². The maximum atomic E-state index is 12.2. The number of nitrogens with zero attached hydrogens (tertiary/aromatic N) is 1. The first-order chi connectivity index (χ1) is 9.92. The topological polar surface area (TPSA) is 69.6 Å². The minimum absolute atomic E-state index is 0.0141. The molecule has 1 rings (SSSR count). The molecule has 0 aliphatic rings. The molecule has 0 radical (unpaired) electrons. The maximum absolute atomic E-state index is 12.2. The van der Waals surface area contributed by atoms with Gasteiger partial charge in [-0.15, -0.1) is 0 Å². The molecule has 21 heavy (non-hydrogen) atoms. The Labute approximate surface area is 127 Å². The first-order valence-corrected chi connectivity index (χ1v) is 8.36. The molecule has 0 aliphatic heterocycles. The molecular formula is C15H22N2O3S. The summed E-state index contributed by atoms with van der Waals surface area (Å²) in [4.78, 5) is 0. The predicted octanol–water partition coefficient (Wildman–Crippen LogP) is 1.73. The van der Waals surface area contributed by atoms with Crippen molar-refractivity contribution in [1.82, 2.24) is 4.31 Å². The predicted molar refractivity (Wildman–Crippen MR) is 85.2 cm³/mol. The first-order valence-electron chi connectivity index (χ1n) is 6.92. The lowest BCUT2D eigenvalue weighted by Gasteiger charge is -2.19. The molecule has 0 bridgehead atoms. The standard InChI is InChI=1S/C15H22N2O3S/c1-4-17(5-2)21(19,20)16-15-11-13(3)10-14(12-15)8-6-7-9-18/h10-12,16,18H,4-5,7,9H2,1-3H3. The number of hydrogen-bond donors (Lipinski definition) is 2. The molecule has 0 heterocycles. The molecular weight excluding hydrogens is 288 g/mol. The van der Waals surface area contributed by atoms with Gasteiger partial charge in [0.15, 0.2) is 0 Å². The second-order valence-electron chi connectivity index (χ2n) is 4.55. The Kier molecular flexibility index (Phi) is 6.69. The van der Waals surface area contributed by atoms with Crippen LogP contribution in [0, 0.1) is 18.8 Å². The normalized spacial score (nSPS) is 11.1. The van der Waals surface area contributed by atoms with Crippen LogP contribution in [0.3, 0.4) is 0 Å². The van der Waals surface area contributed by atoms with Gasteiger partial charge in [-0.3, -0.25) is 4.72 Å². The Balaban J connectivity index is 3.02. The monoisotopic (exact) mass is 310 g/mol. The van der Waals surface area contributed by atoms with Crippen molar-refractivity contribution in [2.24, 2.45) is 0 Å². The van der Waals surface area contributed by atoms with Gasteiger partial charge in [-0.2, -0.15) is 12.7 Å². The van der Waals surface area contributed by atoms with E-state index in [0.29, 0.717) is 25.2 Å². The van der Waals surface area contributed by atoms with Gasteiger partial charge in [0.05, 0.1) is 12.3 Å². The van der Waals surface area contributed by atoms with E-state index < -0.39 is 10.2 Å². The van der Waals surface area contributed by atoms with Gasteiger partial charge in [-0.25, -0.2) is 0 Å². The van der Waals surface area contributed by atoms with Gasteiger partial charge in [-0.05, 0) is 30.7 Å². The molecule has 0 saturated heterocycles. The van der Waals surface area contributed by atoms with E-state index in [1.807, 2.05) is 13.0 Å². The highest BCUT2D eigenvalue weighted by molar-refractivity contribution is 7.90. The highest BCUT2D eigenvalue weighted by Gasteiger charge is 2.18. The van der Waals surface area contributed by atoms with Crippen molar-refractivity contribution in [3.8, 4) is 11.8 Å². The van der Waals surface area contributed by atoms with Crippen molar-refractivity contribution in [3.05, 3.63) is 29.3 Å². The lowest BCUT2D eigenvalue weighted by atomic mass is 10.1. The minimum Gasteiger partial charge on any atom is -0.395 e. The number of anilines is 1. The average Bonchev–Trinajstić information content (AvgIpc) is 2.38. The average molecular weight is 310 g/mol. The van der Waals surface area contributed by atoms with Crippen LogP contribution < -0.4 is 4.72 Å². The van der Waals surface area contributed by atoms with Crippen molar-refractivity contribution in [2.45, 2.75) is 27.2 Å². The number of rotatable bonds is 6. The summed E-state index contributed by atoms with van der Waals surface area (Å²) < 4.78 is 28.3. The molecule has 1 aromatic rings. The van der Waals surface area contributed by atoms with E-state index in [9.17, 15) is 8.42 Å². The SMILES string of the molecule is CCN(CC)S(=O)(=O)Nc1cc(C)cc(C#CCCO)c1. The van der Waals surface area contributed by atoms with Gasteiger partial charge < -0.3 is 5.11 Å². The lowest BCUT2D eigenvalue weighted by Crippen LogP contribution is -2.35. The van der Waals surface area contributed by atoms with Crippen molar-refractivity contribution in [1.29, 1.82) is 0 Å². The van der Waals surface area contributed by atoms with Gasteiger partial charge in [0, 0.05) is 25.1 Å². The Morgan fingerprint density at radius 2 is 1.90 bits per heavy atom. The third kappa shape index (κ3) is 5.38. The van der Waals surface area contributed by atoms with Gasteiger partial charge in [-0.1, -0.05) is 25.7 Å². The van der Waals surface area contributed by atoms with E-state index >= 15 is 0 Å². The van der Waals surface area contributed by atoms with Crippen LogP contribution in [0.4, 0.5) is 5.69 Å². The molecule has 0 fully saturated rings. The number of hydrogen-bond acceptors (Lipinski definition) is 3. The number of benzene rings is 1. The van der Waals surface area contributed by atoms with Crippen LogP contribution in [0.1, 0.15) is 31.4 Å². The highest BCUT2D eigenvalue weighted by Crippen LogP contribution is 2.16. The van der Waals surface area contributed by atoms with Crippen LogP contribution in [0.5, 0.6) is 0 Å². The molecule has 5 nitrogen and oxygen atoms in total. The second-order valence-corrected chi connectivity index (χ2v) is 6.23. The van der Waals surface area contributed by atoms with E-state index in [0.717, 1.165) is 11.1 Å². The van der Waals surface area contributed by atoms with E-state index in [4.69, 9.17) is 5.11 Å². The summed E-state index contributed by atoms with van der Waals surface area (Å²) in [7, 11) is -3.54. The Morgan fingerprint density at radius 3 is 2.48 bits per heavy atom. The molecule has 0 unspecified atom stereocenters. The fourth-order valence-corrected chi connectivity index (χ4v) is 3.14. The molecule has 6 heteroatoms. The number of aryl methyl sites for hydroxylation is 1. The summed E-state index contributed by atoms with van der Waals surface area (Å²) in [6, 6.07) is 5.33. The van der Waals surface area contributed by atoms with Crippen LogP contribution in [0.25, 0.3) is 0 Å². The van der Waals surface area contributed by atoms with Crippen LogP contribution in [0.2, 0.25) is 0 Å². The molecule has 116 valence electrons. The van der Waals surface area contributed by atoms with Gasteiger partial charge >= 0.3 is 10.2 Å². The number of aliphatic hydroxyl groups excluding tert-OH is 1. The molecule has 0 saturated carbocycles. The fraction of sp³-hybridized carbons (Fsp3) is 0.467. The molecule has 2 N–H and O–H groups in total. The summed E-state index contributed by atoms with van der Waals surface area (Å²) >= 11 is 0. The molecule has 0 spiro atoms. The third-order valence-electron chi connectivity index (χ3n) is 2.84. The molecule has 0 aliphatic carbocycles. The smallest absolute Gasteiger partial charge is 0.301 e. The van der Waals surface area contributed by atoms with E-state index in [1.54, 1.807) is 26.0 Å². The summed E-state index contributed by atoms with van der Waals surface area (Å²) in [5, 5.41) is 8.72. The van der Waals surface area contributed by atoms with Gasteiger partial charge in [0.1, 0.15) is 0 Å². The molecule has 1 aromatic carbocycles. The van der Waals surface area contributed by atoms with E-state index in [2.05, 4.69) is 16.6 Å². The zero-order valence-corrected chi connectivity index (χ0v) is 13.5. The van der Waals surface area contributed by atoms with Crippen molar-refractivity contribution in [3.63, 3.8) is 0 Å². The van der Waals surface area contributed by atoms with Crippen LogP contribution >= 0.6 is 0 Å². The fourth-order valence-electron chi connectivity index (χ4n) is 1.91. The summed E-state index contributed by atoms with van der Waals surface area (Å²) in [6.45, 7) is 6.32. The van der Waals surface area contributed by atoms with Crippen LogP contribution in [-0.4, -0.2) is 37.5 Å². The van der Waals surface area contributed by atoms with E-state index in [1.165, 1.54) is 4.31 Å². The summed E-state index contributed by atoms with van der Waals surface area (Å²) in [5.41, 5.74) is 2.14. The molecule has 0 atom stereocenters. The van der Waals surface area contributed by atoms with E-state index in [-0.39, 0.29) is 6.61 Å². The highest BCUT2D eigenvalue weighted by atomic mass is 32.2. The number of nitrogens with one attached hydrogen (secondary N) is 1.